The van der Waals surface area contributed by atoms with Gasteiger partial charge in [0.25, 0.3) is 5.89 Å². The van der Waals surface area contributed by atoms with E-state index in [-0.39, 0.29) is 11.8 Å². The van der Waals surface area contributed by atoms with Crippen LogP contribution < -0.4 is 14.8 Å². The minimum absolute atomic E-state index is 0.0964. The molecule has 0 atom stereocenters. The van der Waals surface area contributed by atoms with Gasteiger partial charge in [-0.05, 0) is 44.0 Å². The number of ether oxygens (including phenoxy) is 2. The summed E-state index contributed by atoms with van der Waals surface area (Å²) in [4.78, 5) is 17.0. The molecule has 0 spiro atoms. The van der Waals surface area contributed by atoms with Crippen LogP contribution in [0.2, 0.25) is 0 Å². The van der Waals surface area contributed by atoms with Crippen molar-refractivity contribution in [2.75, 3.05) is 18.5 Å². The first-order chi connectivity index (χ1) is 15.0. The molecule has 7 nitrogen and oxygen atoms in total. The van der Waals surface area contributed by atoms with Gasteiger partial charge in [0.05, 0.1) is 24.5 Å². The first-order valence-electron chi connectivity index (χ1n) is 10.6. The lowest BCUT2D eigenvalue weighted by Gasteiger charge is -2.13. The predicted molar refractivity (Wildman–Crippen MR) is 120 cm³/mol. The van der Waals surface area contributed by atoms with Gasteiger partial charge in [-0.15, -0.1) is 0 Å². The highest BCUT2D eigenvalue weighted by molar-refractivity contribution is 5.95. The van der Waals surface area contributed by atoms with Crippen LogP contribution in [0.3, 0.4) is 0 Å². The Balaban J connectivity index is 1.59. The van der Waals surface area contributed by atoms with Gasteiger partial charge in [-0.1, -0.05) is 43.3 Å². The SMILES string of the molecule is CCOc1ccccc1OCCCC(=O)Nc1c(C)cccc1-c1nc(C(C)C)no1. The minimum atomic E-state index is -0.0964. The normalized spacial score (nSPS) is 10.9. The van der Waals surface area contributed by atoms with Gasteiger partial charge in [0, 0.05) is 12.3 Å². The van der Waals surface area contributed by atoms with Crippen LogP contribution in [0.15, 0.2) is 47.0 Å². The Morgan fingerprint density at radius 2 is 1.84 bits per heavy atom. The molecular weight excluding hydrogens is 394 g/mol. The molecule has 1 N–H and O–H groups in total. The molecule has 0 aliphatic carbocycles. The predicted octanol–water partition coefficient (Wildman–Crippen LogP) is 5.36. The molecule has 164 valence electrons. The van der Waals surface area contributed by atoms with Crippen molar-refractivity contribution in [1.29, 1.82) is 0 Å². The number of hydrogen-bond donors (Lipinski definition) is 1. The minimum Gasteiger partial charge on any atom is -0.490 e. The molecule has 1 heterocycles. The van der Waals surface area contributed by atoms with Crippen LogP contribution >= 0.6 is 0 Å². The van der Waals surface area contributed by atoms with Crippen molar-refractivity contribution in [3.63, 3.8) is 0 Å². The summed E-state index contributed by atoms with van der Waals surface area (Å²) < 4.78 is 16.8. The van der Waals surface area contributed by atoms with E-state index in [1.165, 1.54) is 0 Å². The van der Waals surface area contributed by atoms with E-state index in [1.807, 2.05) is 70.2 Å². The highest BCUT2D eigenvalue weighted by Crippen LogP contribution is 2.31. The largest absolute Gasteiger partial charge is 0.490 e. The number of benzene rings is 2. The number of nitrogens with zero attached hydrogens (tertiary/aromatic N) is 2. The molecule has 0 unspecified atom stereocenters. The molecule has 7 heteroatoms. The number of aryl methyl sites for hydroxylation is 1. The maximum atomic E-state index is 12.6. The molecule has 3 aromatic rings. The summed E-state index contributed by atoms with van der Waals surface area (Å²) in [6.07, 6.45) is 0.900. The van der Waals surface area contributed by atoms with E-state index in [4.69, 9.17) is 14.0 Å². The van der Waals surface area contributed by atoms with Gasteiger partial charge in [0.2, 0.25) is 5.91 Å². The second kappa shape index (κ2) is 10.6. The Hall–Kier alpha value is -3.35. The van der Waals surface area contributed by atoms with Crippen molar-refractivity contribution in [2.24, 2.45) is 0 Å². The lowest BCUT2D eigenvalue weighted by Crippen LogP contribution is -2.14. The van der Waals surface area contributed by atoms with Crippen molar-refractivity contribution in [1.82, 2.24) is 10.1 Å². The Labute approximate surface area is 182 Å². The number of carbonyl (C=O) groups excluding carboxylic acids is 1. The summed E-state index contributed by atoms with van der Waals surface area (Å²) in [6, 6.07) is 13.2. The van der Waals surface area contributed by atoms with Gasteiger partial charge in [-0.2, -0.15) is 4.98 Å². The van der Waals surface area contributed by atoms with E-state index in [0.29, 0.717) is 55.0 Å². The van der Waals surface area contributed by atoms with Crippen LogP contribution in [0, 0.1) is 6.92 Å². The fourth-order valence-electron chi connectivity index (χ4n) is 3.05. The van der Waals surface area contributed by atoms with E-state index < -0.39 is 0 Å². The molecule has 0 aliphatic rings. The lowest BCUT2D eigenvalue weighted by molar-refractivity contribution is -0.116. The molecule has 0 fully saturated rings. The van der Waals surface area contributed by atoms with E-state index in [1.54, 1.807) is 0 Å². The summed E-state index contributed by atoms with van der Waals surface area (Å²) in [5.41, 5.74) is 2.33. The molecular formula is C24H29N3O4. The summed E-state index contributed by atoms with van der Waals surface area (Å²) in [5, 5.41) is 7.03. The molecule has 0 radical (unpaired) electrons. The van der Waals surface area contributed by atoms with Crippen molar-refractivity contribution in [3.05, 3.63) is 53.9 Å². The van der Waals surface area contributed by atoms with Crippen molar-refractivity contribution >= 4 is 11.6 Å². The first-order valence-corrected chi connectivity index (χ1v) is 10.6. The number of para-hydroxylation sites is 3. The Morgan fingerprint density at radius 1 is 1.10 bits per heavy atom. The number of carbonyl (C=O) groups is 1. The number of amides is 1. The molecule has 2 aromatic carbocycles. The van der Waals surface area contributed by atoms with E-state index >= 15 is 0 Å². The third-order valence-corrected chi connectivity index (χ3v) is 4.68. The van der Waals surface area contributed by atoms with Gasteiger partial charge >= 0.3 is 0 Å². The molecule has 0 aliphatic heterocycles. The van der Waals surface area contributed by atoms with Gasteiger partial charge in [0.15, 0.2) is 17.3 Å². The van der Waals surface area contributed by atoms with Gasteiger partial charge in [-0.25, -0.2) is 0 Å². The van der Waals surface area contributed by atoms with E-state index in [0.717, 1.165) is 11.1 Å². The summed E-state index contributed by atoms with van der Waals surface area (Å²) >= 11 is 0. The van der Waals surface area contributed by atoms with E-state index in [9.17, 15) is 4.79 Å². The number of nitrogens with one attached hydrogen (secondary N) is 1. The van der Waals surface area contributed by atoms with Gasteiger partial charge in [0.1, 0.15) is 0 Å². The van der Waals surface area contributed by atoms with Crippen molar-refractivity contribution in [3.8, 4) is 23.0 Å². The highest BCUT2D eigenvalue weighted by atomic mass is 16.5. The van der Waals surface area contributed by atoms with Crippen LogP contribution in [0.5, 0.6) is 11.5 Å². The lowest BCUT2D eigenvalue weighted by atomic mass is 10.1. The molecule has 1 amide bonds. The van der Waals surface area contributed by atoms with Crippen LogP contribution in [-0.2, 0) is 4.79 Å². The molecule has 3 rings (SSSR count). The third-order valence-electron chi connectivity index (χ3n) is 4.68. The number of rotatable bonds is 10. The van der Waals surface area contributed by atoms with Crippen molar-refractivity contribution < 1.29 is 18.8 Å². The third kappa shape index (κ3) is 5.84. The van der Waals surface area contributed by atoms with Crippen LogP contribution in [0.1, 0.15) is 50.9 Å². The molecule has 1 aromatic heterocycles. The average Bonchev–Trinajstić information content (AvgIpc) is 3.24. The summed E-state index contributed by atoms with van der Waals surface area (Å²) in [7, 11) is 0. The van der Waals surface area contributed by atoms with E-state index in [2.05, 4.69) is 15.5 Å². The Morgan fingerprint density at radius 3 is 2.52 bits per heavy atom. The van der Waals surface area contributed by atoms with Gasteiger partial charge < -0.3 is 19.3 Å². The second-order valence-electron chi connectivity index (χ2n) is 7.49. The quantitative estimate of drug-likeness (QED) is 0.442. The van der Waals surface area contributed by atoms with Gasteiger partial charge in [-0.3, -0.25) is 4.79 Å². The van der Waals surface area contributed by atoms with Crippen molar-refractivity contribution in [2.45, 2.75) is 46.5 Å². The number of aromatic nitrogens is 2. The van der Waals surface area contributed by atoms with Crippen LogP contribution in [0.25, 0.3) is 11.5 Å². The maximum absolute atomic E-state index is 12.6. The zero-order valence-corrected chi connectivity index (χ0v) is 18.5. The topological polar surface area (TPSA) is 86.5 Å². The molecule has 31 heavy (non-hydrogen) atoms. The van der Waals surface area contributed by atoms with Crippen LogP contribution in [-0.4, -0.2) is 29.3 Å². The average molecular weight is 424 g/mol. The maximum Gasteiger partial charge on any atom is 0.260 e. The number of hydrogen-bond acceptors (Lipinski definition) is 6. The molecule has 0 saturated carbocycles. The Bertz CT molecular complexity index is 1010. The highest BCUT2D eigenvalue weighted by Gasteiger charge is 2.17. The summed E-state index contributed by atoms with van der Waals surface area (Å²) in [5.74, 6) is 2.49. The zero-order valence-electron chi connectivity index (χ0n) is 18.5. The first kappa shape index (κ1) is 22.3. The Kier molecular flexibility index (Phi) is 7.65. The smallest absolute Gasteiger partial charge is 0.260 e. The monoisotopic (exact) mass is 423 g/mol. The summed E-state index contributed by atoms with van der Waals surface area (Å²) in [6.45, 7) is 8.86. The van der Waals surface area contributed by atoms with Crippen LogP contribution in [0.4, 0.5) is 5.69 Å². The molecule has 0 saturated heterocycles. The molecule has 0 bridgehead atoms. The fraction of sp³-hybridized carbons (Fsp3) is 0.375. The standard InChI is InChI=1S/C24H29N3O4/c1-5-29-19-12-6-7-13-20(19)30-15-9-14-21(28)25-22-17(4)10-8-11-18(22)24-26-23(16(2)3)27-31-24/h6-8,10-13,16H,5,9,14-15H2,1-4H3,(H,25,28). The second-order valence-corrected chi connectivity index (χ2v) is 7.49. The number of anilines is 1. The zero-order chi connectivity index (χ0) is 22.2. The fourth-order valence-corrected chi connectivity index (χ4v) is 3.05.